The van der Waals surface area contributed by atoms with Crippen molar-refractivity contribution in [2.24, 2.45) is 0 Å². The Bertz CT molecular complexity index is 916. The molecule has 0 aliphatic rings. The number of carbonyl (C=O) groups is 1. The molecule has 0 aliphatic carbocycles. The van der Waals surface area contributed by atoms with Crippen LogP contribution in [0.1, 0.15) is 11.1 Å². The highest BCUT2D eigenvalue weighted by molar-refractivity contribution is 5.93. The summed E-state index contributed by atoms with van der Waals surface area (Å²) in [6.45, 7) is 2.53. The van der Waals surface area contributed by atoms with E-state index in [4.69, 9.17) is 14.2 Å². The molecule has 0 aliphatic heterocycles. The average Bonchev–Trinajstić information content (AvgIpc) is 2.72. The Morgan fingerprint density at radius 3 is 2.33 bits per heavy atom. The Hall–Kier alpha value is -3.33. The maximum Gasteiger partial charge on any atom is 0.311 e. The number of rotatable bonds is 10. The van der Waals surface area contributed by atoms with Gasteiger partial charge in [-0.15, -0.1) is 0 Å². The lowest BCUT2D eigenvalue weighted by atomic mass is 10.1. The molecule has 9 nitrogen and oxygen atoms in total. The van der Waals surface area contributed by atoms with Crippen molar-refractivity contribution in [1.82, 2.24) is 4.90 Å². The molecule has 0 heterocycles. The summed E-state index contributed by atoms with van der Waals surface area (Å²) in [4.78, 5) is 24.9. The first kappa shape index (κ1) is 23.0. The number of hydrogen-bond acceptors (Lipinski definition) is 7. The van der Waals surface area contributed by atoms with E-state index < -0.39 is 4.92 Å². The number of methoxy groups -OCH3 is 3. The quantitative estimate of drug-likeness (QED) is 0.468. The highest BCUT2D eigenvalue weighted by Gasteiger charge is 2.18. The third-order valence-corrected chi connectivity index (χ3v) is 4.64. The number of benzene rings is 2. The van der Waals surface area contributed by atoms with Gasteiger partial charge in [-0.05, 0) is 43.7 Å². The van der Waals surface area contributed by atoms with Gasteiger partial charge in [-0.25, -0.2) is 0 Å². The van der Waals surface area contributed by atoms with Gasteiger partial charge in [0.05, 0.1) is 32.8 Å². The average molecular weight is 417 g/mol. The minimum atomic E-state index is -0.515. The fourth-order valence-corrected chi connectivity index (χ4v) is 2.98. The molecule has 2 aromatic rings. The molecule has 2 rings (SSSR count). The Labute approximate surface area is 175 Å². The second-order valence-electron chi connectivity index (χ2n) is 6.82. The predicted octanol–water partition coefficient (Wildman–Crippen LogP) is 3.04. The lowest BCUT2D eigenvalue weighted by Crippen LogP contribution is -2.31. The molecular weight excluding hydrogens is 390 g/mol. The fourth-order valence-electron chi connectivity index (χ4n) is 2.98. The number of aryl methyl sites for hydroxylation is 1. The molecule has 0 aromatic heterocycles. The van der Waals surface area contributed by atoms with Crippen molar-refractivity contribution < 1.29 is 23.9 Å². The van der Waals surface area contributed by atoms with Gasteiger partial charge in [0.25, 0.3) is 0 Å². The third-order valence-electron chi connectivity index (χ3n) is 4.64. The van der Waals surface area contributed by atoms with Crippen molar-refractivity contribution in [2.45, 2.75) is 13.3 Å². The van der Waals surface area contributed by atoms with Gasteiger partial charge in [-0.3, -0.25) is 19.8 Å². The van der Waals surface area contributed by atoms with Crippen LogP contribution in [0.15, 0.2) is 30.3 Å². The smallest absolute Gasteiger partial charge is 0.311 e. The first-order valence-electron chi connectivity index (χ1n) is 9.31. The number of anilines is 1. The molecule has 9 heteroatoms. The van der Waals surface area contributed by atoms with E-state index in [0.717, 1.165) is 12.0 Å². The van der Waals surface area contributed by atoms with E-state index in [2.05, 4.69) is 5.32 Å². The van der Waals surface area contributed by atoms with Gasteiger partial charge in [0.15, 0.2) is 17.2 Å². The molecule has 0 saturated heterocycles. The van der Waals surface area contributed by atoms with Crippen LogP contribution in [-0.4, -0.2) is 57.2 Å². The number of nitrogens with zero attached hydrogens (tertiary/aromatic N) is 2. The zero-order chi connectivity index (χ0) is 22.3. The van der Waals surface area contributed by atoms with Crippen LogP contribution in [0.4, 0.5) is 11.4 Å². The third kappa shape index (κ3) is 5.84. The summed E-state index contributed by atoms with van der Waals surface area (Å²) in [5, 5.41) is 13.9. The molecule has 0 saturated carbocycles. The molecule has 1 N–H and O–H groups in total. The molecule has 0 fully saturated rings. The monoisotopic (exact) mass is 417 g/mol. The number of carbonyl (C=O) groups excluding carboxylic acids is 1. The lowest BCUT2D eigenvalue weighted by Gasteiger charge is -2.17. The van der Waals surface area contributed by atoms with Crippen LogP contribution in [0.2, 0.25) is 0 Å². The molecule has 30 heavy (non-hydrogen) atoms. The second kappa shape index (κ2) is 10.4. The van der Waals surface area contributed by atoms with Crippen LogP contribution >= 0.6 is 0 Å². The van der Waals surface area contributed by atoms with Crippen LogP contribution in [0.25, 0.3) is 0 Å². The Balaban J connectivity index is 1.96. The van der Waals surface area contributed by atoms with E-state index in [1.54, 1.807) is 21.1 Å². The summed E-state index contributed by atoms with van der Waals surface area (Å²) >= 11 is 0. The first-order valence-corrected chi connectivity index (χ1v) is 9.31. The van der Waals surface area contributed by atoms with Crippen molar-refractivity contribution in [2.75, 3.05) is 46.8 Å². The second-order valence-corrected chi connectivity index (χ2v) is 6.82. The van der Waals surface area contributed by atoms with Crippen molar-refractivity contribution in [3.05, 3.63) is 51.6 Å². The zero-order valence-corrected chi connectivity index (χ0v) is 17.9. The van der Waals surface area contributed by atoms with E-state index in [1.165, 1.54) is 19.2 Å². The van der Waals surface area contributed by atoms with Gasteiger partial charge in [0.2, 0.25) is 5.91 Å². The predicted molar refractivity (Wildman–Crippen MR) is 114 cm³/mol. The Kier molecular flexibility index (Phi) is 7.99. The number of likely N-dealkylation sites (N-methyl/N-ethyl adjacent to an activating group) is 1. The van der Waals surface area contributed by atoms with E-state index in [9.17, 15) is 14.9 Å². The van der Waals surface area contributed by atoms with Gasteiger partial charge in [0.1, 0.15) is 0 Å². The van der Waals surface area contributed by atoms with Crippen LogP contribution in [0.3, 0.4) is 0 Å². The fraction of sp³-hybridized carbons (Fsp3) is 0.381. The first-order chi connectivity index (χ1) is 14.3. The van der Waals surface area contributed by atoms with Crippen LogP contribution in [0.5, 0.6) is 17.2 Å². The summed E-state index contributed by atoms with van der Waals surface area (Å²) in [7, 11) is 6.38. The van der Waals surface area contributed by atoms with Crippen LogP contribution in [-0.2, 0) is 11.2 Å². The van der Waals surface area contributed by atoms with Crippen molar-refractivity contribution in [1.29, 1.82) is 0 Å². The van der Waals surface area contributed by atoms with Gasteiger partial charge in [0, 0.05) is 24.4 Å². The maximum atomic E-state index is 12.4. The van der Waals surface area contributed by atoms with E-state index in [1.807, 2.05) is 30.1 Å². The minimum absolute atomic E-state index is 0.0997. The highest BCUT2D eigenvalue weighted by atomic mass is 16.6. The van der Waals surface area contributed by atoms with Crippen molar-refractivity contribution >= 4 is 17.3 Å². The molecule has 0 atom stereocenters. The molecule has 0 spiro atoms. The standard InChI is InChI=1S/C21H27N3O6/c1-14-10-17(24(26)27)19(29-4)12-16(14)22-21(25)13-23(2)9-8-15-6-7-18(28-3)20(11-15)30-5/h6-7,10-12H,8-9,13H2,1-5H3,(H,22,25). The minimum Gasteiger partial charge on any atom is -0.493 e. The molecule has 2 aromatic carbocycles. The van der Waals surface area contributed by atoms with Crippen molar-refractivity contribution in [3.63, 3.8) is 0 Å². The SMILES string of the molecule is COc1ccc(CCN(C)CC(=O)Nc2cc(OC)c([N+](=O)[O-])cc2C)cc1OC. The molecule has 1 amide bonds. The number of nitro groups is 1. The summed E-state index contributed by atoms with van der Waals surface area (Å²) in [6, 6.07) is 8.58. The number of amides is 1. The van der Waals surface area contributed by atoms with Gasteiger partial charge < -0.3 is 19.5 Å². The molecule has 0 radical (unpaired) electrons. The number of ether oxygens (including phenoxy) is 3. The molecule has 0 bridgehead atoms. The van der Waals surface area contributed by atoms with Crippen LogP contribution < -0.4 is 19.5 Å². The van der Waals surface area contributed by atoms with Crippen molar-refractivity contribution in [3.8, 4) is 17.2 Å². The Morgan fingerprint density at radius 2 is 1.73 bits per heavy atom. The topological polar surface area (TPSA) is 103 Å². The zero-order valence-electron chi connectivity index (χ0n) is 17.9. The number of nitro benzene ring substituents is 1. The maximum absolute atomic E-state index is 12.4. The highest BCUT2D eigenvalue weighted by Crippen LogP contribution is 2.32. The van der Waals surface area contributed by atoms with E-state index >= 15 is 0 Å². The molecule has 0 unspecified atom stereocenters. The van der Waals surface area contributed by atoms with Crippen LogP contribution in [0, 0.1) is 17.0 Å². The van der Waals surface area contributed by atoms with Gasteiger partial charge in [-0.1, -0.05) is 6.07 Å². The number of hydrogen-bond donors (Lipinski definition) is 1. The number of nitrogens with one attached hydrogen (secondary N) is 1. The summed E-state index contributed by atoms with van der Waals surface area (Å²) in [5.41, 5.74) is 2.00. The largest absolute Gasteiger partial charge is 0.493 e. The Morgan fingerprint density at radius 1 is 1.07 bits per heavy atom. The molecule has 162 valence electrons. The normalized spacial score (nSPS) is 10.6. The summed E-state index contributed by atoms with van der Waals surface area (Å²) in [6.07, 6.45) is 0.731. The molecular formula is C21H27N3O6. The van der Waals surface area contributed by atoms with E-state index in [-0.39, 0.29) is 23.9 Å². The summed E-state index contributed by atoms with van der Waals surface area (Å²) in [5.74, 6) is 1.22. The van der Waals surface area contributed by atoms with Gasteiger partial charge in [-0.2, -0.15) is 0 Å². The summed E-state index contributed by atoms with van der Waals surface area (Å²) < 4.78 is 15.6. The van der Waals surface area contributed by atoms with E-state index in [0.29, 0.717) is 29.3 Å². The van der Waals surface area contributed by atoms with Gasteiger partial charge >= 0.3 is 5.69 Å². The lowest BCUT2D eigenvalue weighted by molar-refractivity contribution is -0.385.